The van der Waals surface area contributed by atoms with Gasteiger partial charge < -0.3 is 9.80 Å². The number of hydrogen-bond donors (Lipinski definition) is 0. The second kappa shape index (κ2) is 6.81. The van der Waals surface area contributed by atoms with E-state index in [1.165, 1.54) is 50.8 Å². The van der Waals surface area contributed by atoms with Crippen LogP contribution >= 0.6 is 15.9 Å². The molecule has 0 spiro atoms. The summed E-state index contributed by atoms with van der Waals surface area (Å²) in [4.78, 5) is 4.88. The van der Waals surface area contributed by atoms with Gasteiger partial charge in [-0.2, -0.15) is 0 Å². The Morgan fingerprint density at radius 2 is 1.93 bits per heavy atom. The van der Waals surface area contributed by atoms with Crippen LogP contribution in [0, 0.1) is 5.92 Å². The van der Waals surface area contributed by atoms with Gasteiger partial charge in [0.1, 0.15) is 0 Å². The van der Waals surface area contributed by atoms with Gasteiger partial charge in [0.15, 0.2) is 0 Å². The molecule has 1 aliphatic heterocycles. The maximum absolute atomic E-state index is 3.58. The maximum Gasteiger partial charge on any atom is 0.00606 e. The third-order valence-electron chi connectivity index (χ3n) is 3.01. The Morgan fingerprint density at radius 3 is 2.43 bits per heavy atom. The first-order chi connectivity index (χ1) is 6.72. The van der Waals surface area contributed by atoms with Crippen molar-refractivity contribution < 1.29 is 0 Å². The molecular weight excluding hydrogens is 240 g/mol. The van der Waals surface area contributed by atoms with Crippen LogP contribution in [-0.2, 0) is 0 Å². The van der Waals surface area contributed by atoms with Gasteiger partial charge in [0, 0.05) is 5.33 Å². The van der Waals surface area contributed by atoms with E-state index in [9.17, 15) is 0 Å². The Kier molecular flexibility index (Phi) is 6.06. The van der Waals surface area contributed by atoms with E-state index < -0.39 is 0 Å². The summed E-state index contributed by atoms with van der Waals surface area (Å²) >= 11 is 3.58. The first-order valence-corrected chi connectivity index (χ1v) is 6.77. The fourth-order valence-electron chi connectivity index (χ4n) is 1.97. The van der Waals surface area contributed by atoms with Crippen LogP contribution in [0.2, 0.25) is 0 Å². The number of halogens is 1. The van der Waals surface area contributed by atoms with Crippen molar-refractivity contribution in [2.75, 3.05) is 45.6 Å². The van der Waals surface area contributed by atoms with Crippen LogP contribution in [0.15, 0.2) is 0 Å². The van der Waals surface area contributed by atoms with Crippen molar-refractivity contribution in [3.63, 3.8) is 0 Å². The molecule has 0 N–H and O–H groups in total. The molecular formula is C11H23BrN2. The van der Waals surface area contributed by atoms with Crippen molar-refractivity contribution in [2.24, 2.45) is 5.92 Å². The molecule has 0 amide bonds. The van der Waals surface area contributed by atoms with E-state index in [1.807, 2.05) is 0 Å². The molecule has 0 aliphatic carbocycles. The number of likely N-dealkylation sites (tertiary alicyclic amines) is 1. The lowest BCUT2D eigenvalue weighted by atomic mass is 9.99. The molecule has 1 fully saturated rings. The van der Waals surface area contributed by atoms with Gasteiger partial charge in [0.25, 0.3) is 0 Å². The first-order valence-electron chi connectivity index (χ1n) is 5.65. The molecule has 1 heterocycles. The van der Waals surface area contributed by atoms with E-state index in [2.05, 4.69) is 39.8 Å². The zero-order chi connectivity index (χ0) is 10.4. The summed E-state index contributed by atoms with van der Waals surface area (Å²) in [5, 5.41) is 1.19. The average molecular weight is 263 g/mol. The van der Waals surface area contributed by atoms with E-state index in [-0.39, 0.29) is 0 Å². The number of rotatable bonds is 5. The predicted octanol–water partition coefficient (Wildman–Crippen LogP) is 2.04. The summed E-state index contributed by atoms with van der Waals surface area (Å²) in [6.45, 7) is 5.12. The number of piperidine rings is 1. The lowest BCUT2D eigenvalue weighted by Gasteiger charge is -2.31. The predicted molar refractivity (Wildman–Crippen MR) is 66.1 cm³/mol. The van der Waals surface area contributed by atoms with Crippen LogP contribution in [0.25, 0.3) is 0 Å². The minimum Gasteiger partial charge on any atom is -0.309 e. The van der Waals surface area contributed by atoms with Gasteiger partial charge in [-0.05, 0) is 65.5 Å². The fourth-order valence-corrected chi connectivity index (χ4v) is 2.62. The highest BCUT2D eigenvalue weighted by atomic mass is 79.9. The lowest BCUT2D eigenvalue weighted by molar-refractivity contribution is 0.187. The fraction of sp³-hybridized carbons (Fsp3) is 1.00. The van der Waals surface area contributed by atoms with E-state index in [0.717, 1.165) is 5.92 Å². The number of alkyl halides is 1. The van der Waals surface area contributed by atoms with Gasteiger partial charge in [-0.25, -0.2) is 0 Å². The molecule has 14 heavy (non-hydrogen) atoms. The molecule has 84 valence electrons. The molecule has 0 radical (unpaired) electrons. The Balaban J connectivity index is 2.04. The molecule has 0 aromatic heterocycles. The number of nitrogens with zero attached hydrogens (tertiary/aromatic N) is 2. The van der Waals surface area contributed by atoms with Gasteiger partial charge in [-0.3, -0.25) is 0 Å². The zero-order valence-electron chi connectivity index (χ0n) is 9.51. The van der Waals surface area contributed by atoms with Gasteiger partial charge in [-0.1, -0.05) is 15.9 Å². The largest absolute Gasteiger partial charge is 0.309 e. The van der Waals surface area contributed by atoms with Crippen LogP contribution in [0.1, 0.15) is 19.3 Å². The molecule has 3 heteroatoms. The molecule has 1 saturated heterocycles. The Labute approximate surface area is 96.8 Å². The normalized spacial score (nSPS) is 20.6. The zero-order valence-corrected chi connectivity index (χ0v) is 11.1. The summed E-state index contributed by atoms with van der Waals surface area (Å²) in [7, 11) is 4.30. The van der Waals surface area contributed by atoms with Crippen molar-refractivity contribution in [1.29, 1.82) is 0 Å². The SMILES string of the molecule is CN(C)CCCN1CCC(CBr)CC1. The highest BCUT2D eigenvalue weighted by Crippen LogP contribution is 2.18. The Bertz CT molecular complexity index is 142. The molecule has 2 nitrogen and oxygen atoms in total. The minimum atomic E-state index is 0.931. The second-order valence-corrected chi connectivity index (χ2v) is 5.24. The van der Waals surface area contributed by atoms with Crippen LogP contribution in [0.3, 0.4) is 0 Å². The minimum absolute atomic E-state index is 0.931. The molecule has 0 aromatic rings. The quantitative estimate of drug-likeness (QED) is 0.700. The third-order valence-corrected chi connectivity index (χ3v) is 3.92. The third kappa shape index (κ3) is 4.76. The van der Waals surface area contributed by atoms with Crippen LogP contribution < -0.4 is 0 Å². The highest BCUT2D eigenvalue weighted by Gasteiger charge is 2.17. The van der Waals surface area contributed by atoms with E-state index in [4.69, 9.17) is 0 Å². The van der Waals surface area contributed by atoms with Gasteiger partial charge in [-0.15, -0.1) is 0 Å². The van der Waals surface area contributed by atoms with Gasteiger partial charge in [0.2, 0.25) is 0 Å². The van der Waals surface area contributed by atoms with E-state index >= 15 is 0 Å². The van der Waals surface area contributed by atoms with Gasteiger partial charge in [0.05, 0.1) is 0 Å². The summed E-state index contributed by atoms with van der Waals surface area (Å²) < 4.78 is 0. The molecule has 1 aliphatic rings. The van der Waals surface area contributed by atoms with Gasteiger partial charge >= 0.3 is 0 Å². The summed E-state index contributed by atoms with van der Waals surface area (Å²) in [6.07, 6.45) is 4.08. The average Bonchev–Trinajstić information content (AvgIpc) is 2.18. The molecule has 1 rings (SSSR count). The summed E-state index contributed by atoms with van der Waals surface area (Å²) in [5.74, 6) is 0.931. The maximum atomic E-state index is 3.58. The second-order valence-electron chi connectivity index (χ2n) is 4.60. The van der Waals surface area contributed by atoms with Crippen molar-refractivity contribution in [2.45, 2.75) is 19.3 Å². The van der Waals surface area contributed by atoms with E-state index in [0.29, 0.717) is 0 Å². The Morgan fingerprint density at radius 1 is 1.29 bits per heavy atom. The van der Waals surface area contributed by atoms with Crippen molar-refractivity contribution in [3.05, 3.63) is 0 Å². The highest BCUT2D eigenvalue weighted by molar-refractivity contribution is 9.09. The molecule has 0 saturated carbocycles. The van der Waals surface area contributed by atoms with Crippen molar-refractivity contribution >= 4 is 15.9 Å². The van der Waals surface area contributed by atoms with Crippen LogP contribution in [0.4, 0.5) is 0 Å². The standard InChI is InChI=1S/C11H23BrN2/c1-13(2)6-3-7-14-8-4-11(10-12)5-9-14/h11H,3-10H2,1-2H3. The number of hydrogen-bond acceptors (Lipinski definition) is 2. The topological polar surface area (TPSA) is 6.48 Å². The van der Waals surface area contributed by atoms with Crippen LogP contribution in [0.5, 0.6) is 0 Å². The molecule has 0 aromatic carbocycles. The van der Waals surface area contributed by atoms with E-state index in [1.54, 1.807) is 0 Å². The Hall–Kier alpha value is 0.400. The first kappa shape index (κ1) is 12.5. The van der Waals surface area contributed by atoms with Crippen molar-refractivity contribution in [1.82, 2.24) is 9.80 Å². The monoisotopic (exact) mass is 262 g/mol. The smallest absolute Gasteiger partial charge is 0.00606 e. The van der Waals surface area contributed by atoms with Crippen LogP contribution in [-0.4, -0.2) is 55.4 Å². The molecule has 0 bridgehead atoms. The molecule has 0 atom stereocenters. The van der Waals surface area contributed by atoms with Crippen molar-refractivity contribution in [3.8, 4) is 0 Å². The molecule has 0 unspecified atom stereocenters. The lowest BCUT2D eigenvalue weighted by Crippen LogP contribution is -2.35. The summed E-state index contributed by atoms with van der Waals surface area (Å²) in [5.41, 5.74) is 0. The summed E-state index contributed by atoms with van der Waals surface area (Å²) in [6, 6.07) is 0.